The molecule has 0 atom stereocenters. The van der Waals surface area contributed by atoms with Crippen LogP contribution in [-0.2, 0) is 0 Å². The standard InChI is InChI=1S/C15H17NO3/c1-7-6-8(2)10(4)12(9(7)3)13-11(5)14(15(17)18)19-16-13/h6H,1-5H3,(H,17,18). The molecular formula is C15H17NO3. The quantitative estimate of drug-likeness (QED) is 0.895. The first-order chi connectivity index (χ1) is 8.84. The summed E-state index contributed by atoms with van der Waals surface area (Å²) >= 11 is 0. The molecule has 0 saturated carbocycles. The third-order valence-corrected chi connectivity index (χ3v) is 3.72. The summed E-state index contributed by atoms with van der Waals surface area (Å²) in [5.74, 6) is -1.18. The van der Waals surface area contributed by atoms with Gasteiger partial charge in [0.05, 0.1) is 0 Å². The van der Waals surface area contributed by atoms with Crippen molar-refractivity contribution in [3.05, 3.63) is 39.6 Å². The van der Waals surface area contributed by atoms with Gasteiger partial charge in [0.25, 0.3) is 0 Å². The van der Waals surface area contributed by atoms with Gasteiger partial charge in [-0.15, -0.1) is 0 Å². The van der Waals surface area contributed by atoms with Crippen molar-refractivity contribution in [3.8, 4) is 11.3 Å². The Morgan fingerprint density at radius 2 is 1.58 bits per heavy atom. The van der Waals surface area contributed by atoms with E-state index < -0.39 is 5.97 Å². The number of aromatic nitrogens is 1. The van der Waals surface area contributed by atoms with Gasteiger partial charge in [-0.1, -0.05) is 11.2 Å². The molecule has 2 rings (SSSR count). The molecule has 0 spiro atoms. The Labute approximate surface area is 112 Å². The fourth-order valence-corrected chi connectivity index (χ4v) is 2.34. The predicted octanol–water partition coefficient (Wildman–Crippen LogP) is 3.58. The van der Waals surface area contributed by atoms with Crippen LogP contribution in [0.25, 0.3) is 11.3 Å². The lowest BCUT2D eigenvalue weighted by Crippen LogP contribution is -1.98. The molecule has 4 heteroatoms. The zero-order valence-corrected chi connectivity index (χ0v) is 11.8. The van der Waals surface area contributed by atoms with Crippen LogP contribution in [0.5, 0.6) is 0 Å². The van der Waals surface area contributed by atoms with Gasteiger partial charge in [-0.3, -0.25) is 0 Å². The molecule has 0 bridgehead atoms. The highest BCUT2D eigenvalue weighted by molar-refractivity contribution is 5.89. The van der Waals surface area contributed by atoms with E-state index in [4.69, 9.17) is 9.63 Å². The topological polar surface area (TPSA) is 63.3 Å². The maximum atomic E-state index is 11.0. The minimum Gasteiger partial charge on any atom is -0.475 e. The summed E-state index contributed by atoms with van der Waals surface area (Å²) in [5.41, 5.74) is 6.72. The van der Waals surface area contributed by atoms with E-state index in [-0.39, 0.29) is 5.76 Å². The van der Waals surface area contributed by atoms with Crippen molar-refractivity contribution >= 4 is 5.97 Å². The second kappa shape index (κ2) is 4.53. The molecule has 0 saturated heterocycles. The molecule has 100 valence electrons. The fourth-order valence-electron chi connectivity index (χ4n) is 2.34. The van der Waals surface area contributed by atoms with Crippen LogP contribution < -0.4 is 0 Å². The molecule has 1 aromatic heterocycles. The molecule has 2 aromatic rings. The molecule has 1 heterocycles. The molecule has 0 radical (unpaired) electrons. The SMILES string of the molecule is Cc1cc(C)c(C)c(-c2noc(C(=O)O)c2C)c1C. The molecule has 0 aliphatic heterocycles. The minimum absolute atomic E-state index is 0.0899. The van der Waals surface area contributed by atoms with E-state index in [2.05, 4.69) is 11.2 Å². The summed E-state index contributed by atoms with van der Waals surface area (Å²) < 4.78 is 4.95. The van der Waals surface area contributed by atoms with Crippen molar-refractivity contribution in [3.63, 3.8) is 0 Å². The van der Waals surface area contributed by atoms with Gasteiger partial charge in [-0.05, 0) is 56.9 Å². The van der Waals surface area contributed by atoms with Crippen LogP contribution in [0, 0.1) is 34.6 Å². The Morgan fingerprint density at radius 1 is 1.05 bits per heavy atom. The van der Waals surface area contributed by atoms with Crippen LogP contribution in [0.2, 0.25) is 0 Å². The smallest absolute Gasteiger partial charge is 0.375 e. The third kappa shape index (κ3) is 2.03. The van der Waals surface area contributed by atoms with E-state index >= 15 is 0 Å². The van der Waals surface area contributed by atoms with E-state index in [1.165, 1.54) is 0 Å². The van der Waals surface area contributed by atoms with Crippen molar-refractivity contribution in [2.24, 2.45) is 0 Å². The van der Waals surface area contributed by atoms with Crippen LogP contribution in [-0.4, -0.2) is 16.2 Å². The molecular weight excluding hydrogens is 242 g/mol. The van der Waals surface area contributed by atoms with Gasteiger partial charge in [0, 0.05) is 11.1 Å². The van der Waals surface area contributed by atoms with Crippen molar-refractivity contribution in [1.29, 1.82) is 0 Å². The highest BCUT2D eigenvalue weighted by Gasteiger charge is 2.22. The molecule has 0 aliphatic carbocycles. The number of hydrogen-bond donors (Lipinski definition) is 1. The number of rotatable bonds is 2. The average molecular weight is 259 g/mol. The van der Waals surface area contributed by atoms with Gasteiger partial charge >= 0.3 is 5.97 Å². The number of aromatic carboxylic acids is 1. The number of benzene rings is 1. The summed E-state index contributed by atoms with van der Waals surface area (Å²) in [6.07, 6.45) is 0. The van der Waals surface area contributed by atoms with Crippen molar-refractivity contribution in [2.45, 2.75) is 34.6 Å². The van der Waals surface area contributed by atoms with Crippen molar-refractivity contribution < 1.29 is 14.4 Å². The lowest BCUT2D eigenvalue weighted by atomic mass is 9.91. The minimum atomic E-state index is -1.09. The molecule has 0 fully saturated rings. The van der Waals surface area contributed by atoms with E-state index in [0.29, 0.717) is 11.3 Å². The normalized spacial score (nSPS) is 10.8. The molecule has 0 amide bonds. The zero-order valence-electron chi connectivity index (χ0n) is 11.8. The Balaban J connectivity index is 2.76. The van der Waals surface area contributed by atoms with Crippen LogP contribution in [0.4, 0.5) is 0 Å². The first-order valence-corrected chi connectivity index (χ1v) is 6.12. The highest BCUT2D eigenvalue weighted by Crippen LogP contribution is 2.33. The van der Waals surface area contributed by atoms with Crippen LogP contribution in [0.1, 0.15) is 38.4 Å². The van der Waals surface area contributed by atoms with Crippen molar-refractivity contribution in [2.75, 3.05) is 0 Å². The largest absolute Gasteiger partial charge is 0.475 e. The second-order valence-corrected chi connectivity index (χ2v) is 4.93. The van der Waals surface area contributed by atoms with Gasteiger partial charge in [0.1, 0.15) is 5.69 Å². The van der Waals surface area contributed by atoms with Gasteiger partial charge < -0.3 is 9.63 Å². The first kappa shape index (κ1) is 13.3. The maximum absolute atomic E-state index is 11.0. The Morgan fingerprint density at radius 3 is 2.00 bits per heavy atom. The monoisotopic (exact) mass is 259 g/mol. The lowest BCUT2D eigenvalue weighted by Gasteiger charge is -2.13. The number of aryl methyl sites for hydroxylation is 2. The van der Waals surface area contributed by atoms with Crippen LogP contribution in [0.15, 0.2) is 10.6 Å². The number of hydrogen-bond acceptors (Lipinski definition) is 3. The highest BCUT2D eigenvalue weighted by atomic mass is 16.5. The average Bonchev–Trinajstić information content (AvgIpc) is 2.70. The first-order valence-electron chi connectivity index (χ1n) is 6.12. The van der Waals surface area contributed by atoms with Gasteiger partial charge in [0.2, 0.25) is 5.76 Å². The lowest BCUT2D eigenvalue weighted by molar-refractivity contribution is 0.0651. The fraction of sp³-hybridized carbons (Fsp3) is 0.333. The zero-order chi connectivity index (χ0) is 14.3. The summed E-state index contributed by atoms with van der Waals surface area (Å²) in [6, 6.07) is 2.13. The summed E-state index contributed by atoms with van der Waals surface area (Å²) in [7, 11) is 0. The Kier molecular flexibility index (Phi) is 3.18. The van der Waals surface area contributed by atoms with E-state index in [9.17, 15) is 4.79 Å². The van der Waals surface area contributed by atoms with Crippen LogP contribution >= 0.6 is 0 Å². The summed E-state index contributed by atoms with van der Waals surface area (Å²) in [6.45, 7) is 9.85. The molecule has 1 N–H and O–H groups in total. The van der Waals surface area contributed by atoms with E-state index in [1.807, 2.05) is 27.7 Å². The van der Waals surface area contributed by atoms with Gasteiger partial charge in [-0.2, -0.15) is 0 Å². The summed E-state index contributed by atoms with van der Waals surface area (Å²) in [5, 5.41) is 13.0. The number of carboxylic acid groups (broad SMARTS) is 1. The molecule has 0 unspecified atom stereocenters. The Bertz CT molecular complexity index is 642. The molecule has 0 aliphatic rings. The predicted molar refractivity (Wildman–Crippen MR) is 72.6 cm³/mol. The van der Waals surface area contributed by atoms with Crippen LogP contribution in [0.3, 0.4) is 0 Å². The number of carbonyl (C=O) groups is 1. The number of nitrogens with zero attached hydrogens (tertiary/aromatic N) is 1. The van der Waals surface area contributed by atoms with Gasteiger partial charge in [0.15, 0.2) is 0 Å². The third-order valence-electron chi connectivity index (χ3n) is 3.72. The number of carboxylic acids is 1. The second-order valence-electron chi connectivity index (χ2n) is 4.93. The molecule has 4 nitrogen and oxygen atoms in total. The molecule has 19 heavy (non-hydrogen) atoms. The van der Waals surface area contributed by atoms with Crippen molar-refractivity contribution in [1.82, 2.24) is 5.16 Å². The maximum Gasteiger partial charge on any atom is 0.375 e. The summed E-state index contributed by atoms with van der Waals surface area (Å²) in [4.78, 5) is 11.0. The Hall–Kier alpha value is -2.10. The molecule has 1 aromatic carbocycles. The van der Waals surface area contributed by atoms with Gasteiger partial charge in [-0.25, -0.2) is 4.79 Å². The van der Waals surface area contributed by atoms with E-state index in [1.54, 1.807) is 6.92 Å². The van der Waals surface area contributed by atoms with E-state index in [0.717, 1.165) is 27.8 Å².